The van der Waals surface area contributed by atoms with Gasteiger partial charge in [-0.3, -0.25) is 0 Å². The third kappa shape index (κ3) is 1.06. The maximum Gasteiger partial charge on any atom is 0.0418 e. The van der Waals surface area contributed by atoms with E-state index in [1.165, 1.54) is 22.5 Å². The molecule has 2 aliphatic heterocycles. The van der Waals surface area contributed by atoms with Crippen molar-refractivity contribution in [1.82, 2.24) is 5.32 Å². The Morgan fingerprint density at radius 1 is 1.08 bits per heavy atom. The molecular weight excluding hydrogens is 160 g/mol. The van der Waals surface area contributed by atoms with Gasteiger partial charge >= 0.3 is 0 Å². The highest BCUT2D eigenvalue weighted by molar-refractivity contribution is 5.61. The molecule has 0 aliphatic carbocycles. The summed E-state index contributed by atoms with van der Waals surface area (Å²) in [5.74, 6) is 0. The van der Waals surface area contributed by atoms with Crippen molar-refractivity contribution >= 4 is 5.69 Å². The Bertz CT molecular complexity index is 344. The first-order valence-corrected chi connectivity index (χ1v) is 4.70. The predicted molar refractivity (Wildman–Crippen MR) is 53.7 cm³/mol. The van der Waals surface area contributed by atoms with Crippen LogP contribution in [0.3, 0.4) is 0 Å². The summed E-state index contributed by atoms with van der Waals surface area (Å²) in [6.45, 7) is 2.06. The lowest BCUT2D eigenvalue weighted by Gasteiger charge is -2.19. The van der Waals surface area contributed by atoms with Crippen LogP contribution in [0, 0.1) is 0 Å². The Morgan fingerprint density at radius 2 is 2.00 bits per heavy atom. The molecule has 0 saturated carbocycles. The van der Waals surface area contributed by atoms with E-state index in [0.29, 0.717) is 0 Å². The number of hydrogen-bond acceptors (Lipinski definition) is 2. The van der Waals surface area contributed by atoms with Crippen LogP contribution in [-0.2, 0) is 6.42 Å². The molecule has 0 spiro atoms. The maximum atomic E-state index is 3.48. The van der Waals surface area contributed by atoms with E-state index >= 15 is 0 Å². The molecule has 2 heteroatoms. The summed E-state index contributed by atoms with van der Waals surface area (Å²) in [6, 6.07) is 8.54. The molecule has 3 rings (SSSR count). The third-order valence-electron chi connectivity index (χ3n) is 2.77. The van der Waals surface area contributed by atoms with Gasteiger partial charge < -0.3 is 10.6 Å². The van der Waals surface area contributed by atoms with Gasteiger partial charge in [-0.2, -0.15) is 0 Å². The molecule has 66 valence electrons. The van der Waals surface area contributed by atoms with Crippen molar-refractivity contribution in [2.45, 2.75) is 6.42 Å². The summed E-state index contributed by atoms with van der Waals surface area (Å²) < 4.78 is 0. The zero-order chi connectivity index (χ0) is 8.67. The molecule has 2 nitrogen and oxygen atoms in total. The summed E-state index contributed by atoms with van der Waals surface area (Å²) >= 11 is 0. The average molecular weight is 172 g/mol. The van der Waals surface area contributed by atoms with Crippen molar-refractivity contribution in [2.75, 3.05) is 18.4 Å². The minimum absolute atomic E-state index is 1.00. The molecule has 0 radical (unpaired) electrons. The summed E-state index contributed by atoms with van der Waals surface area (Å²) in [5.41, 5.74) is 5.62. The van der Waals surface area contributed by atoms with Crippen LogP contribution in [0.25, 0.3) is 0 Å². The van der Waals surface area contributed by atoms with Gasteiger partial charge in [0.25, 0.3) is 0 Å². The fourth-order valence-corrected chi connectivity index (χ4v) is 2.06. The van der Waals surface area contributed by atoms with Crippen molar-refractivity contribution in [2.24, 2.45) is 0 Å². The highest BCUT2D eigenvalue weighted by Crippen LogP contribution is 2.28. The highest BCUT2D eigenvalue weighted by Gasteiger charge is 2.20. The van der Waals surface area contributed by atoms with Crippen LogP contribution in [0.15, 0.2) is 35.5 Å². The Labute approximate surface area is 77.7 Å². The first kappa shape index (κ1) is 7.15. The molecular formula is C11H12N2. The highest BCUT2D eigenvalue weighted by atomic mass is 15.0. The predicted octanol–water partition coefficient (Wildman–Crippen LogP) is 1.51. The van der Waals surface area contributed by atoms with Gasteiger partial charge in [0.2, 0.25) is 0 Å². The number of nitrogens with one attached hydrogen (secondary N) is 2. The van der Waals surface area contributed by atoms with Gasteiger partial charge in [-0.1, -0.05) is 18.2 Å². The molecule has 0 bridgehead atoms. The van der Waals surface area contributed by atoms with Crippen molar-refractivity contribution in [3.63, 3.8) is 0 Å². The van der Waals surface area contributed by atoms with Crippen molar-refractivity contribution in [1.29, 1.82) is 0 Å². The largest absolute Gasteiger partial charge is 0.358 e. The second-order valence-electron chi connectivity index (χ2n) is 3.64. The van der Waals surface area contributed by atoms with Crippen LogP contribution >= 0.6 is 0 Å². The lowest BCUT2D eigenvalue weighted by atomic mass is 9.99. The number of para-hydroxylation sites is 1. The van der Waals surface area contributed by atoms with Crippen LogP contribution in [0.5, 0.6) is 0 Å². The molecule has 0 saturated heterocycles. The standard InChI is InChI=1S/C11H12N2/c1-2-4-10-8(3-1)5-9-6-12-7-11(9)13-10/h1-4,12-13H,5-7H2. The second-order valence-corrected chi connectivity index (χ2v) is 3.64. The average Bonchev–Trinajstić information content (AvgIpc) is 2.61. The SMILES string of the molecule is c1ccc2c(c1)CC1=C(CNC1)N2. The first-order valence-electron chi connectivity index (χ1n) is 4.70. The molecule has 0 amide bonds. The van der Waals surface area contributed by atoms with Gasteiger partial charge in [-0.05, 0) is 23.6 Å². The van der Waals surface area contributed by atoms with Gasteiger partial charge in [0.05, 0.1) is 0 Å². The van der Waals surface area contributed by atoms with Gasteiger partial charge in [0, 0.05) is 24.5 Å². The van der Waals surface area contributed by atoms with Gasteiger partial charge in [-0.15, -0.1) is 0 Å². The van der Waals surface area contributed by atoms with Gasteiger partial charge in [0.15, 0.2) is 0 Å². The smallest absolute Gasteiger partial charge is 0.0418 e. The number of fused-ring (bicyclic) bond motifs is 1. The molecule has 0 aromatic heterocycles. The zero-order valence-corrected chi connectivity index (χ0v) is 7.43. The minimum atomic E-state index is 1.00. The summed E-state index contributed by atoms with van der Waals surface area (Å²) in [6.07, 6.45) is 1.12. The Morgan fingerprint density at radius 3 is 3.00 bits per heavy atom. The normalized spacial score (nSPS) is 19.4. The van der Waals surface area contributed by atoms with E-state index < -0.39 is 0 Å². The molecule has 2 heterocycles. The van der Waals surface area contributed by atoms with E-state index in [4.69, 9.17) is 0 Å². The van der Waals surface area contributed by atoms with Gasteiger partial charge in [-0.25, -0.2) is 0 Å². The molecule has 0 unspecified atom stereocenters. The fourth-order valence-electron chi connectivity index (χ4n) is 2.06. The van der Waals surface area contributed by atoms with E-state index in [0.717, 1.165) is 19.5 Å². The molecule has 13 heavy (non-hydrogen) atoms. The lowest BCUT2D eigenvalue weighted by Crippen LogP contribution is -2.12. The molecule has 1 aromatic carbocycles. The number of anilines is 1. The third-order valence-corrected chi connectivity index (χ3v) is 2.77. The van der Waals surface area contributed by atoms with E-state index in [1.54, 1.807) is 0 Å². The number of rotatable bonds is 0. The summed E-state index contributed by atoms with van der Waals surface area (Å²) in [7, 11) is 0. The van der Waals surface area contributed by atoms with Crippen molar-refractivity contribution in [3.8, 4) is 0 Å². The fraction of sp³-hybridized carbons (Fsp3) is 0.273. The van der Waals surface area contributed by atoms with E-state index in [9.17, 15) is 0 Å². The van der Waals surface area contributed by atoms with Crippen LogP contribution < -0.4 is 10.6 Å². The van der Waals surface area contributed by atoms with Crippen LogP contribution in [0.4, 0.5) is 5.69 Å². The minimum Gasteiger partial charge on any atom is -0.358 e. The summed E-state index contributed by atoms with van der Waals surface area (Å²) in [5, 5.41) is 6.84. The Hall–Kier alpha value is -1.28. The van der Waals surface area contributed by atoms with E-state index in [1.807, 2.05) is 0 Å². The molecule has 2 N–H and O–H groups in total. The van der Waals surface area contributed by atoms with E-state index in [-0.39, 0.29) is 0 Å². The Kier molecular flexibility index (Phi) is 1.43. The molecule has 0 fully saturated rings. The van der Waals surface area contributed by atoms with Crippen molar-refractivity contribution < 1.29 is 0 Å². The number of hydrogen-bond donors (Lipinski definition) is 2. The molecule has 2 aliphatic rings. The number of benzene rings is 1. The topological polar surface area (TPSA) is 24.1 Å². The lowest BCUT2D eigenvalue weighted by molar-refractivity contribution is 0.858. The zero-order valence-electron chi connectivity index (χ0n) is 7.43. The van der Waals surface area contributed by atoms with Crippen LogP contribution in [-0.4, -0.2) is 13.1 Å². The maximum absolute atomic E-state index is 3.48. The quantitative estimate of drug-likeness (QED) is 0.620. The summed E-state index contributed by atoms with van der Waals surface area (Å²) in [4.78, 5) is 0. The monoisotopic (exact) mass is 172 g/mol. The van der Waals surface area contributed by atoms with Crippen molar-refractivity contribution in [3.05, 3.63) is 41.1 Å². The molecule has 0 atom stereocenters. The van der Waals surface area contributed by atoms with Gasteiger partial charge in [0.1, 0.15) is 0 Å². The Balaban J connectivity index is 2.04. The first-order chi connectivity index (χ1) is 6.43. The van der Waals surface area contributed by atoms with Crippen LogP contribution in [0.1, 0.15) is 5.56 Å². The van der Waals surface area contributed by atoms with E-state index in [2.05, 4.69) is 34.9 Å². The molecule has 1 aromatic rings. The second kappa shape index (κ2) is 2.60. The van der Waals surface area contributed by atoms with Crippen LogP contribution in [0.2, 0.25) is 0 Å².